The molecule has 0 aliphatic heterocycles. The molecule has 2 heterocycles. The van der Waals surface area contributed by atoms with Crippen LogP contribution in [0.15, 0.2) is 32.6 Å². The SMILES string of the molecule is O=C(CSc1nc(=O)n(Cc2ccco2)c2c1CCCC2)NC1CCCC1. The first-order chi connectivity index (χ1) is 13.2. The van der Waals surface area contributed by atoms with Gasteiger partial charge in [-0.15, -0.1) is 0 Å². The molecule has 2 aromatic heterocycles. The van der Waals surface area contributed by atoms with Crippen LogP contribution in [0.2, 0.25) is 0 Å². The molecule has 0 bridgehead atoms. The van der Waals surface area contributed by atoms with Gasteiger partial charge in [-0.05, 0) is 50.7 Å². The first-order valence-electron chi connectivity index (χ1n) is 9.78. The van der Waals surface area contributed by atoms with E-state index in [2.05, 4.69) is 10.3 Å². The maximum atomic E-state index is 12.7. The van der Waals surface area contributed by atoms with E-state index in [4.69, 9.17) is 4.42 Å². The fourth-order valence-corrected chi connectivity index (χ4v) is 4.95. The second-order valence-electron chi connectivity index (χ2n) is 7.33. The van der Waals surface area contributed by atoms with Crippen molar-refractivity contribution in [2.75, 3.05) is 5.75 Å². The van der Waals surface area contributed by atoms with E-state index in [0.29, 0.717) is 18.3 Å². The van der Waals surface area contributed by atoms with Gasteiger partial charge in [0.05, 0.1) is 18.6 Å². The molecule has 1 N–H and O–H groups in total. The Morgan fingerprint density at radius 1 is 1.26 bits per heavy atom. The molecule has 0 atom stereocenters. The highest BCUT2D eigenvalue weighted by molar-refractivity contribution is 7.99. The molecule has 0 radical (unpaired) electrons. The average Bonchev–Trinajstić information content (AvgIpc) is 3.36. The summed E-state index contributed by atoms with van der Waals surface area (Å²) in [4.78, 5) is 29.2. The normalized spacial score (nSPS) is 17.0. The number of hydrogen-bond donors (Lipinski definition) is 1. The molecule has 1 saturated carbocycles. The zero-order valence-electron chi connectivity index (χ0n) is 15.4. The molecule has 4 rings (SSSR count). The van der Waals surface area contributed by atoms with Crippen LogP contribution in [0.1, 0.15) is 55.5 Å². The zero-order valence-corrected chi connectivity index (χ0v) is 16.2. The van der Waals surface area contributed by atoms with E-state index in [9.17, 15) is 9.59 Å². The molecule has 2 aliphatic carbocycles. The van der Waals surface area contributed by atoms with Crippen LogP contribution in [0.25, 0.3) is 0 Å². The lowest BCUT2D eigenvalue weighted by molar-refractivity contribution is -0.119. The number of aromatic nitrogens is 2. The average molecular weight is 388 g/mol. The Labute approximate surface area is 162 Å². The fourth-order valence-electron chi connectivity index (χ4n) is 4.06. The number of hydrogen-bond acceptors (Lipinski definition) is 5. The summed E-state index contributed by atoms with van der Waals surface area (Å²) >= 11 is 1.40. The Morgan fingerprint density at radius 2 is 2.07 bits per heavy atom. The molecule has 7 heteroatoms. The molecule has 2 aromatic rings. The van der Waals surface area contributed by atoms with Gasteiger partial charge in [-0.1, -0.05) is 24.6 Å². The summed E-state index contributed by atoms with van der Waals surface area (Å²) in [6.07, 6.45) is 10.1. The monoisotopic (exact) mass is 387 g/mol. The number of rotatable bonds is 6. The Balaban J connectivity index is 1.51. The van der Waals surface area contributed by atoms with Gasteiger partial charge in [0.15, 0.2) is 0 Å². The fraction of sp³-hybridized carbons (Fsp3) is 0.550. The molecule has 1 fully saturated rings. The van der Waals surface area contributed by atoms with Crippen LogP contribution < -0.4 is 11.0 Å². The number of fused-ring (bicyclic) bond motifs is 1. The molecule has 2 aliphatic rings. The minimum atomic E-state index is -0.259. The third-order valence-corrected chi connectivity index (χ3v) is 6.42. The lowest BCUT2D eigenvalue weighted by Crippen LogP contribution is -2.34. The minimum absolute atomic E-state index is 0.0398. The van der Waals surface area contributed by atoms with Crippen molar-refractivity contribution in [1.82, 2.24) is 14.9 Å². The number of carbonyl (C=O) groups excluding carboxylic acids is 1. The zero-order chi connectivity index (χ0) is 18.6. The quantitative estimate of drug-likeness (QED) is 0.609. The topological polar surface area (TPSA) is 77.1 Å². The maximum absolute atomic E-state index is 12.7. The molecular formula is C20H25N3O3S. The Morgan fingerprint density at radius 3 is 2.85 bits per heavy atom. The number of nitrogens with one attached hydrogen (secondary N) is 1. The lowest BCUT2D eigenvalue weighted by atomic mass is 9.97. The summed E-state index contributed by atoms with van der Waals surface area (Å²) < 4.78 is 7.14. The van der Waals surface area contributed by atoms with Crippen molar-refractivity contribution >= 4 is 17.7 Å². The van der Waals surface area contributed by atoms with Crippen molar-refractivity contribution in [1.29, 1.82) is 0 Å². The molecule has 0 unspecified atom stereocenters. The Bertz CT molecular complexity index is 854. The van der Waals surface area contributed by atoms with Crippen molar-refractivity contribution in [2.24, 2.45) is 0 Å². The predicted molar refractivity (Wildman–Crippen MR) is 104 cm³/mol. The third-order valence-electron chi connectivity index (χ3n) is 5.41. The van der Waals surface area contributed by atoms with E-state index in [1.54, 1.807) is 10.8 Å². The van der Waals surface area contributed by atoms with Gasteiger partial charge in [-0.3, -0.25) is 9.36 Å². The third kappa shape index (κ3) is 4.29. The highest BCUT2D eigenvalue weighted by atomic mass is 32.2. The van der Waals surface area contributed by atoms with Gasteiger partial charge in [0.2, 0.25) is 5.91 Å². The predicted octanol–water partition coefficient (Wildman–Crippen LogP) is 2.91. The highest BCUT2D eigenvalue weighted by Crippen LogP contribution is 2.29. The number of furan rings is 1. The second kappa shape index (κ2) is 8.33. The summed E-state index contributed by atoms with van der Waals surface area (Å²) in [6, 6.07) is 4.02. The van der Waals surface area contributed by atoms with Gasteiger partial charge in [-0.2, -0.15) is 4.98 Å². The van der Waals surface area contributed by atoms with E-state index >= 15 is 0 Å². The summed E-state index contributed by atoms with van der Waals surface area (Å²) in [5.41, 5.74) is 1.92. The number of nitrogens with zero attached hydrogens (tertiary/aromatic N) is 2. The van der Waals surface area contributed by atoms with Crippen molar-refractivity contribution in [2.45, 2.75) is 69.0 Å². The Kier molecular flexibility index (Phi) is 5.66. The molecule has 0 spiro atoms. The lowest BCUT2D eigenvalue weighted by Gasteiger charge is -2.22. The van der Waals surface area contributed by atoms with Crippen LogP contribution in [0.4, 0.5) is 0 Å². The van der Waals surface area contributed by atoms with E-state index in [0.717, 1.165) is 60.6 Å². The largest absolute Gasteiger partial charge is 0.467 e. The van der Waals surface area contributed by atoms with E-state index in [1.807, 2.05) is 12.1 Å². The maximum Gasteiger partial charge on any atom is 0.349 e. The molecule has 0 aromatic carbocycles. The van der Waals surface area contributed by atoms with Crippen molar-refractivity contribution in [3.8, 4) is 0 Å². The summed E-state index contributed by atoms with van der Waals surface area (Å²) in [5.74, 6) is 1.11. The van der Waals surface area contributed by atoms with Crippen LogP contribution in [0.5, 0.6) is 0 Å². The molecule has 0 saturated heterocycles. The summed E-state index contributed by atoms with van der Waals surface area (Å²) in [6.45, 7) is 0.411. The van der Waals surface area contributed by atoms with Gasteiger partial charge < -0.3 is 9.73 Å². The number of thioether (sulfide) groups is 1. The van der Waals surface area contributed by atoms with Crippen LogP contribution in [0.3, 0.4) is 0 Å². The number of amides is 1. The van der Waals surface area contributed by atoms with Crippen molar-refractivity contribution in [3.63, 3.8) is 0 Å². The first kappa shape index (κ1) is 18.3. The van der Waals surface area contributed by atoms with E-state index in [-0.39, 0.29) is 11.6 Å². The minimum Gasteiger partial charge on any atom is -0.467 e. The van der Waals surface area contributed by atoms with Gasteiger partial charge in [0.25, 0.3) is 0 Å². The van der Waals surface area contributed by atoms with Gasteiger partial charge in [0, 0.05) is 17.3 Å². The van der Waals surface area contributed by atoms with Crippen LogP contribution in [0, 0.1) is 0 Å². The summed E-state index contributed by atoms with van der Waals surface area (Å²) in [7, 11) is 0. The van der Waals surface area contributed by atoms with E-state index < -0.39 is 0 Å². The van der Waals surface area contributed by atoms with Crippen molar-refractivity contribution in [3.05, 3.63) is 45.9 Å². The van der Waals surface area contributed by atoms with Gasteiger partial charge >= 0.3 is 5.69 Å². The molecule has 1 amide bonds. The standard InChI is InChI=1S/C20H25N3O3S/c24-18(21-14-6-1-2-7-14)13-27-19-16-9-3-4-10-17(16)23(20(25)22-19)12-15-8-5-11-26-15/h5,8,11,14H,1-4,6-7,9-10,12-13H2,(H,21,24). The molecule has 144 valence electrons. The van der Waals surface area contributed by atoms with Crippen LogP contribution >= 0.6 is 11.8 Å². The number of carbonyl (C=O) groups is 1. The molecule has 6 nitrogen and oxygen atoms in total. The van der Waals surface area contributed by atoms with Crippen LogP contribution in [-0.4, -0.2) is 27.3 Å². The summed E-state index contributed by atoms with van der Waals surface area (Å²) in [5, 5.41) is 3.83. The van der Waals surface area contributed by atoms with Gasteiger partial charge in [0.1, 0.15) is 10.8 Å². The van der Waals surface area contributed by atoms with Crippen molar-refractivity contribution < 1.29 is 9.21 Å². The second-order valence-corrected chi connectivity index (χ2v) is 8.30. The van der Waals surface area contributed by atoms with Crippen LogP contribution in [-0.2, 0) is 24.2 Å². The molecule has 27 heavy (non-hydrogen) atoms. The Hall–Kier alpha value is -2.02. The molecular weight excluding hydrogens is 362 g/mol. The van der Waals surface area contributed by atoms with E-state index in [1.165, 1.54) is 24.6 Å². The van der Waals surface area contributed by atoms with Gasteiger partial charge in [-0.25, -0.2) is 4.79 Å². The first-order valence-corrected chi connectivity index (χ1v) is 10.8. The highest BCUT2D eigenvalue weighted by Gasteiger charge is 2.22. The smallest absolute Gasteiger partial charge is 0.349 e.